The molecule has 0 saturated carbocycles. The molecule has 0 aromatic heterocycles. The molecule has 1 amide bonds. The Labute approximate surface area is 133 Å². The minimum atomic E-state index is -0.929. The zero-order chi connectivity index (χ0) is 13.0. The molecule has 0 aliphatic carbocycles. The van der Waals surface area contributed by atoms with Crippen molar-refractivity contribution in [1.29, 1.82) is 10.5 Å². The predicted octanol–water partition coefficient (Wildman–Crippen LogP) is -0.151. The first-order valence-electron chi connectivity index (χ1n) is 3.58. The van der Waals surface area contributed by atoms with E-state index >= 15 is 0 Å². The molecule has 18 heavy (non-hydrogen) atoms. The molecule has 0 fully saturated rings. The van der Waals surface area contributed by atoms with Gasteiger partial charge in [0.1, 0.15) is 12.1 Å². The smallest absolute Gasteiger partial charge is 0.281 e. The molecule has 0 spiro atoms. The van der Waals surface area contributed by atoms with Gasteiger partial charge in [-0.1, -0.05) is 0 Å². The fourth-order valence-electron chi connectivity index (χ4n) is 0.302. The first kappa shape index (κ1) is 25.6. The summed E-state index contributed by atoms with van der Waals surface area (Å²) in [5, 5.41) is 22.1. The van der Waals surface area contributed by atoms with E-state index in [-0.39, 0.29) is 47.8 Å². The summed E-state index contributed by atoms with van der Waals surface area (Å²) in [6.45, 7) is 1.53. The molecule has 2 N–H and O–H groups in total. The Hall–Kier alpha value is -1.23. The number of primary amides is 1. The number of hydrogen-bond donors (Lipinski definition) is 1. The van der Waals surface area contributed by atoms with Crippen molar-refractivity contribution in [3.63, 3.8) is 0 Å². The van der Waals surface area contributed by atoms with Gasteiger partial charge >= 0.3 is 0 Å². The third kappa shape index (κ3) is 17.2. The topological polar surface area (TPSA) is 134 Å². The quantitative estimate of drug-likeness (QED) is 0.277. The van der Waals surface area contributed by atoms with Crippen molar-refractivity contribution in [2.45, 2.75) is 6.92 Å². The van der Waals surface area contributed by atoms with Gasteiger partial charge in [-0.15, -0.1) is 24.5 Å². The zero-order valence-electron chi connectivity index (χ0n) is 9.32. The number of amides is 1. The van der Waals surface area contributed by atoms with Gasteiger partial charge in [-0.25, -0.2) is 0 Å². The van der Waals surface area contributed by atoms with Gasteiger partial charge in [-0.2, -0.15) is 10.5 Å². The SMILES string of the molecule is [CH2-]O/N=C(/C)C#N.[CH2-]ON=C(C#N)C(N)=O.[W].[W]. The third-order valence-corrected chi connectivity index (χ3v) is 0.858. The van der Waals surface area contributed by atoms with Gasteiger partial charge in [0.2, 0.25) is 5.71 Å². The van der Waals surface area contributed by atoms with E-state index < -0.39 is 11.6 Å². The van der Waals surface area contributed by atoms with Gasteiger partial charge in [-0.05, 0) is 6.92 Å². The monoisotopic (exact) mass is 591 g/mol. The van der Waals surface area contributed by atoms with Crippen molar-refractivity contribution in [2.24, 2.45) is 16.0 Å². The summed E-state index contributed by atoms with van der Waals surface area (Å²) >= 11 is 0. The summed E-state index contributed by atoms with van der Waals surface area (Å²) in [4.78, 5) is 18.0. The maximum atomic E-state index is 10.1. The number of nitrogens with zero attached hydrogens (tertiary/aromatic N) is 4. The summed E-state index contributed by atoms with van der Waals surface area (Å²) in [5.74, 6) is -0.929. The van der Waals surface area contributed by atoms with Crippen LogP contribution in [0.25, 0.3) is 0 Å². The molecule has 0 heterocycles. The normalized spacial score (nSPS) is 8.94. The minimum Gasteiger partial charge on any atom is -0.569 e. The molecule has 0 aromatic rings. The summed E-state index contributed by atoms with van der Waals surface area (Å²) in [5.41, 5.74) is 4.41. The van der Waals surface area contributed by atoms with Crippen LogP contribution in [0.15, 0.2) is 10.3 Å². The summed E-state index contributed by atoms with van der Waals surface area (Å²) in [7, 11) is 5.74. The number of rotatable bonds is 3. The Morgan fingerprint density at radius 1 is 1.17 bits per heavy atom. The van der Waals surface area contributed by atoms with Crippen molar-refractivity contribution in [3.8, 4) is 12.1 Å². The van der Waals surface area contributed by atoms with Gasteiger partial charge in [0, 0.05) is 42.1 Å². The molecule has 0 aromatic carbocycles. The van der Waals surface area contributed by atoms with Crippen LogP contribution >= 0.6 is 0 Å². The van der Waals surface area contributed by atoms with Crippen molar-refractivity contribution in [1.82, 2.24) is 0 Å². The van der Waals surface area contributed by atoms with E-state index in [1.807, 2.05) is 0 Å². The Kier molecular flexibility index (Phi) is 25.8. The van der Waals surface area contributed by atoms with Crippen LogP contribution in [0.3, 0.4) is 0 Å². The fourth-order valence-corrected chi connectivity index (χ4v) is 0.302. The summed E-state index contributed by atoms with van der Waals surface area (Å²) < 4.78 is 0. The molecule has 10 heteroatoms. The fraction of sp³-hybridized carbons (Fsp3) is 0.125. The van der Waals surface area contributed by atoms with E-state index in [1.54, 1.807) is 6.07 Å². The average Bonchev–Trinajstić information content (AvgIpc) is 2.26. The van der Waals surface area contributed by atoms with Crippen LogP contribution in [-0.4, -0.2) is 17.3 Å². The first-order chi connectivity index (χ1) is 7.53. The molecular weight excluding hydrogens is 582 g/mol. The van der Waals surface area contributed by atoms with Crippen LogP contribution < -0.4 is 5.73 Å². The Morgan fingerprint density at radius 2 is 1.61 bits per heavy atom. The Bertz CT molecular complexity index is 370. The number of carbonyl (C=O) groups excluding carboxylic acids is 1. The standard InChI is InChI=1S/C4H4N3O2.C4H5N2O.2W/c1-9-7-3(2-5)4(6)8;1-4(3-5)6-7-2;;/h1H2,(H2,6,8);2H2,1H3;;/q2*-1;;/b;6-4-;;. The third-order valence-electron chi connectivity index (χ3n) is 0.858. The maximum Gasteiger partial charge on any atom is 0.281 e. The van der Waals surface area contributed by atoms with Gasteiger partial charge in [-0.3, -0.25) is 4.79 Å². The van der Waals surface area contributed by atoms with Gasteiger partial charge in [0.05, 0.1) is 0 Å². The molecule has 0 unspecified atom stereocenters. The van der Waals surface area contributed by atoms with Crippen LogP contribution in [0.1, 0.15) is 6.92 Å². The number of hydrogen-bond acceptors (Lipinski definition) is 7. The van der Waals surface area contributed by atoms with Crippen molar-refractivity contribution in [3.05, 3.63) is 14.2 Å². The summed E-state index contributed by atoms with van der Waals surface area (Å²) in [6, 6.07) is 3.16. The second-order valence-corrected chi connectivity index (χ2v) is 1.96. The van der Waals surface area contributed by atoms with E-state index in [9.17, 15) is 4.79 Å². The van der Waals surface area contributed by atoms with E-state index in [0.717, 1.165) is 0 Å². The first-order valence-corrected chi connectivity index (χ1v) is 3.58. The second kappa shape index (κ2) is 18.1. The largest absolute Gasteiger partial charge is 0.569 e. The average molecular weight is 591 g/mol. The molecule has 0 atom stereocenters. The molecule has 0 radical (unpaired) electrons. The van der Waals surface area contributed by atoms with E-state index in [0.29, 0.717) is 0 Å². The number of oxime groups is 2. The molecule has 0 saturated heterocycles. The van der Waals surface area contributed by atoms with Crippen LogP contribution in [-0.2, 0) is 56.6 Å². The summed E-state index contributed by atoms with van der Waals surface area (Å²) in [6.07, 6.45) is 0. The molecule has 0 rings (SSSR count). The van der Waals surface area contributed by atoms with Crippen molar-refractivity contribution in [2.75, 3.05) is 0 Å². The molecular formula is C8H9N5O3W2-2. The number of nitriles is 2. The molecule has 98 valence electrons. The number of carbonyl (C=O) groups is 1. The minimum absolute atomic E-state index is 0. The van der Waals surface area contributed by atoms with E-state index in [2.05, 4.69) is 39.9 Å². The van der Waals surface area contributed by atoms with Crippen molar-refractivity contribution >= 4 is 17.3 Å². The second-order valence-electron chi connectivity index (χ2n) is 1.96. The molecule has 0 aliphatic rings. The molecule has 0 bridgehead atoms. The Morgan fingerprint density at radius 3 is 1.72 bits per heavy atom. The van der Waals surface area contributed by atoms with E-state index in [4.69, 9.17) is 10.5 Å². The van der Waals surface area contributed by atoms with Crippen LogP contribution in [0.2, 0.25) is 0 Å². The predicted molar refractivity (Wildman–Crippen MR) is 53.8 cm³/mol. The van der Waals surface area contributed by atoms with Gasteiger partial charge < -0.3 is 15.4 Å². The van der Waals surface area contributed by atoms with Gasteiger partial charge in [0.25, 0.3) is 5.91 Å². The number of nitrogens with two attached hydrogens (primary N) is 1. The zero-order valence-corrected chi connectivity index (χ0v) is 15.2. The molecule has 8 nitrogen and oxygen atoms in total. The maximum absolute atomic E-state index is 10.1. The van der Waals surface area contributed by atoms with E-state index in [1.165, 1.54) is 13.0 Å². The van der Waals surface area contributed by atoms with Crippen molar-refractivity contribution < 1.29 is 56.6 Å². The van der Waals surface area contributed by atoms with Crippen LogP contribution in [0, 0.1) is 36.9 Å². The van der Waals surface area contributed by atoms with Crippen LogP contribution in [0.5, 0.6) is 0 Å². The van der Waals surface area contributed by atoms with Crippen LogP contribution in [0.4, 0.5) is 0 Å². The Balaban J connectivity index is -0.000000100. The van der Waals surface area contributed by atoms with Gasteiger partial charge in [0.15, 0.2) is 5.71 Å². The molecule has 0 aliphatic heterocycles.